The topological polar surface area (TPSA) is 72.3 Å². The third-order valence-corrected chi connectivity index (χ3v) is 3.68. The number of primary amides is 1. The predicted molar refractivity (Wildman–Crippen MR) is 72.0 cm³/mol. The second kappa shape index (κ2) is 5.50. The van der Waals surface area contributed by atoms with Gasteiger partial charge in [0.2, 0.25) is 5.91 Å². The van der Waals surface area contributed by atoms with Crippen LogP contribution in [0.15, 0.2) is 24.3 Å². The van der Waals surface area contributed by atoms with E-state index < -0.39 is 0 Å². The zero-order chi connectivity index (χ0) is 13.1. The molecule has 1 aromatic rings. The van der Waals surface area contributed by atoms with Crippen LogP contribution in [0.1, 0.15) is 28.8 Å². The molecule has 2 rings (SSSR count). The van der Waals surface area contributed by atoms with Crippen LogP contribution >= 0.6 is 0 Å². The molecular weight excluding hydrogens is 226 g/mol. The highest BCUT2D eigenvalue weighted by Gasteiger charge is 2.32. The minimum absolute atomic E-state index is 0.366. The molecular formula is C14H21N3O. The first-order chi connectivity index (χ1) is 8.63. The number of likely N-dealkylation sites (N-methyl/N-ethyl adjacent to an activating group) is 1. The van der Waals surface area contributed by atoms with Crippen LogP contribution in [0.2, 0.25) is 0 Å². The lowest BCUT2D eigenvalue weighted by molar-refractivity contribution is 0.0998. The summed E-state index contributed by atoms with van der Waals surface area (Å²) in [6, 6.07) is 7.91. The highest BCUT2D eigenvalue weighted by molar-refractivity contribution is 5.94. The highest BCUT2D eigenvalue weighted by atomic mass is 16.1. The van der Waals surface area contributed by atoms with Crippen LogP contribution in [0.25, 0.3) is 0 Å². The van der Waals surface area contributed by atoms with E-state index in [0.717, 1.165) is 18.0 Å². The molecule has 0 aromatic heterocycles. The molecule has 18 heavy (non-hydrogen) atoms. The molecule has 0 radical (unpaired) electrons. The lowest BCUT2D eigenvalue weighted by Gasteiger charge is -2.27. The second-order valence-electron chi connectivity index (χ2n) is 5.08. The van der Waals surface area contributed by atoms with Crippen molar-refractivity contribution in [2.24, 2.45) is 17.4 Å². The molecule has 0 spiro atoms. The largest absolute Gasteiger partial charge is 0.366 e. The minimum atomic E-state index is -0.366. The molecule has 1 aromatic carbocycles. The number of carbonyl (C=O) groups excluding carboxylic acids is 1. The van der Waals surface area contributed by atoms with Gasteiger partial charge in [-0.1, -0.05) is 18.2 Å². The van der Waals surface area contributed by atoms with Crippen molar-refractivity contribution < 1.29 is 4.79 Å². The molecule has 1 saturated carbocycles. The minimum Gasteiger partial charge on any atom is -0.366 e. The smallest absolute Gasteiger partial charge is 0.249 e. The molecule has 0 saturated heterocycles. The van der Waals surface area contributed by atoms with E-state index in [1.807, 2.05) is 18.2 Å². The highest BCUT2D eigenvalue weighted by Crippen LogP contribution is 2.35. The number of nitrogens with zero attached hydrogens (tertiary/aromatic N) is 1. The first-order valence-electron chi connectivity index (χ1n) is 6.41. The second-order valence-corrected chi connectivity index (χ2v) is 5.08. The van der Waals surface area contributed by atoms with E-state index in [9.17, 15) is 4.79 Å². The molecule has 0 bridgehead atoms. The van der Waals surface area contributed by atoms with Gasteiger partial charge in [-0.25, -0.2) is 0 Å². The van der Waals surface area contributed by atoms with Gasteiger partial charge in [-0.05, 0) is 37.4 Å². The van der Waals surface area contributed by atoms with Crippen molar-refractivity contribution in [1.29, 1.82) is 0 Å². The average molecular weight is 247 g/mol. The molecule has 4 N–H and O–H groups in total. The van der Waals surface area contributed by atoms with Crippen molar-refractivity contribution in [3.63, 3.8) is 0 Å². The third kappa shape index (κ3) is 2.89. The van der Waals surface area contributed by atoms with Crippen LogP contribution in [0.5, 0.6) is 0 Å². The third-order valence-electron chi connectivity index (χ3n) is 3.68. The van der Waals surface area contributed by atoms with Crippen molar-refractivity contribution >= 4 is 5.91 Å². The molecule has 1 fully saturated rings. The molecule has 1 amide bonds. The Morgan fingerprint density at radius 1 is 1.44 bits per heavy atom. The SMILES string of the molecule is CN(Cc1ccccc1C(N)=O)C(CN)C1CC1. The summed E-state index contributed by atoms with van der Waals surface area (Å²) in [6.45, 7) is 1.39. The van der Waals surface area contributed by atoms with E-state index >= 15 is 0 Å². The van der Waals surface area contributed by atoms with Crippen LogP contribution in [-0.2, 0) is 6.54 Å². The van der Waals surface area contributed by atoms with Crippen molar-refractivity contribution in [1.82, 2.24) is 4.90 Å². The fourth-order valence-electron chi connectivity index (χ4n) is 2.50. The predicted octanol–water partition coefficient (Wildman–Crippen LogP) is 0.955. The van der Waals surface area contributed by atoms with Gasteiger partial charge in [0.15, 0.2) is 0 Å². The van der Waals surface area contributed by atoms with E-state index in [1.54, 1.807) is 6.07 Å². The van der Waals surface area contributed by atoms with Crippen LogP contribution in [-0.4, -0.2) is 30.4 Å². The van der Waals surface area contributed by atoms with E-state index in [0.29, 0.717) is 18.2 Å². The Labute approximate surface area is 108 Å². The van der Waals surface area contributed by atoms with Gasteiger partial charge in [0.1, 0.15) is 0 Å². The van der Waals surface area contributed by atoms with E-state index in [4.69, 9.17) is 11.5 Å². The van der Waals surface area contributed by atoms with Gasteiger partial charge >= 0.3 is 0 Å². The summed E-state index contributed by atoms with van der Waals surface area (Å²) in [5.74, 6) is 0.357. The summed E-state index contributed by atoms with van der Waals surface area (Å²) in [5.41, 5.74) is 12.8. The Morgan fingerprint density at radius 3 is 2.67 bits per heavy atom. The van der Waals surface area contributed by atoms with Crippen LogP contribution < -0.4 is 11.5 Å². The van der Waals surface area contributed by atoms with Gasteiger partial charge in [-0.15, -0.1) is 0 Å². The van der Waals surface area contributed by atoms with Crippen LogP contribution in [0, 0.1) is 5.92 Å². The lowest BCUT2D eigenvalue weighted by atomic mass is 10.0. The molecule has 1 aliphatic rings. The maximum Gasteiger partial charge on any atom is 0.249 e. The maximum atomic E-state index is 11.4. The van der Waals surface area contributed by atoms with Crippen LogP contribution in [0.4, 0.5) is 0 Å². The Hall–Kier alpha value is -1.39. The Morgan fingerprint density at radius 2 is 2.11 bits per heavy atom. The Kier molecular flexibility index (Phi) is 3.99. The summed E-state index contributed by atoms with van der Waals surface area (Å²) in [5, 5.41) is 0. The fraction of sp³-hybridized carbons (Fsp3) is 0.500. The molecule has 1 aliphatic carbocycles. The van der Waals surface area contributed by atoms with E-state index in [1.165, 1.54) is 12.8 Å². The number of nitrogens with two attached hydrogens (primary N) is 2. The van der Waals surface area contributed by atoms with Crippen molar-refractivity contribution in [2.45, 2.75) is 25.4 Å². The number of carbonyl (C=O) groups is 1. The van der Waals surface area contributed by atoms with Crippen molar-refractivity contribution in [3.8, 4) is 0 Å². The average Bonchev–Trinajstić information content (AvgIpc) is 3.15. The molecule has 4 nitrogen and oxygen atoms in total. The van der Waals surface area contributed by atoms with Crippen LogP contribution in [0.3, 0.4) is 0 Å². The number of rotatable bonds is 6. The number of hydrogen-bond acceptors (Lipinski definition) is 3. The normalized spacial score (nSPS) is 16.8. The molecule has 0 aliphatic heterocycles. The first-order valence-corrected chi connectivity index (χ1v) is 6.41. The van der Waals surface area contributed by atoms with Gasteiger partial charge in [0, 0.05) is 24.7 Å². The zero-order valence-corrected chi connectivity index (χ0v) is 10.8. The lowest BCUT2D eigenvalue weighted by Crippen LogP contribution is -2.39. The summed E-state index contributed by atoms with van der Waals surface area (Å²) in [4.78, 5) is 13.6. The quantitative estimate of drug-likeness (QED) is 0.786. The molecule has 98 valence electrons. The standard InChI is InChI=1S/C14H21N3O/c1-17(13(8-15)10-6-7-10)9-11-4-2-3-5-12(11)14(16)18/h2-5,10,13H,6-9,15H2,1H3,(H2,16,18). The number of benzene rings is 1. The fourth-order valence-corrected chi connectivity index (χ4v) is 2.50. The van der Waals surface area contributed by atoms with Gasteiger partial charge < -0.3 is 11.5 Å². The van der Waals surface area contributed by atoms with Gasteiger partial charge in [-0.2, -0.15) is 0 Å². The Bertz CT molecular complexity index is 429. The summed E-state index contributed by atoms with van der Waals surface area (Å²) >= 11 is 0. The summed E-state index contributed by atoms with van der Waals surface area (Å²) in [6.07, 6.45) is 2.54. The van der Waals surface area contributed by atoms with Crippen molar-refractivity contribution in [3.05, 3.63) is 35.4 Å². The van der Waals surface area contributed by atoms with Crippen molar-refractivity contribution in [2.75, 3.05) is 13.6 Å². The van der Waals surface area contributed by atoms with Gasteiger partial charge in [0.05, 0.1) is 0 Å². The van der Waals surface area contributed by atoms with E-state index in [2.05, 4.69) is 11.9 Å². The summed E-state index contributed by atoms with van der Waals surface area (Å²) < 4.78 is 0. The number of amides is 1. The van der Waals surface area contributed by atoms with E-state index in [-0.39, 0.29) is 5.91 Å². The monoisotopic (exact) mass is 247 g/mol. The molecule has 0 heterocycles. The first kappa shape index (κ1) is 13.1. The summed E-state index contributed by atoms with van der Waals surface area (Å²) in [7, 11) is 2.06. The maximum absolute atomic E-state index is 11.4. The zero-order valence-electron chi connectivity index (χ0n) is 10.8. The van der Waals surface area contributed by atoms with Gasteiger partial charge in [-0.3, -0.25) is 9.69 Å². The molecule has 1 atom stereocenters. The number of hydrogen-bond donors (Lipinski definition) is 2. The molecule has 1 unspecified atom stereocenters. The molecule has 4 heteroatoms. The Balaban J connectivity index is 2.10. The van der Waals surface area contributed by atoms with Gasteiger partial charge in [0.25, 0.3) is 0 Å².